The second-order valence-electron chi connectivity index (χ2n) is 7.29. The molecule has 0 spiro atoms. The Hall–Kier alpha value is -2.07. The molecule has 1 amide bonds. The first-order valence-corrected chi connectivity index (χ1v) is 12.1. The van der Waals surface area contributed by atoms with Crippen LogP contribution in [0.2, 0.25) is 0 Å². The molecule has 9 heteroatoms. The van der Waals surface area contributed by atoms with Gasteiger partial charge in [0, 0.05) is 18.0 Å². The van der Waals surface area contributed by atoms with Crippen molar-refractivity contribution in [3.63, 3.8) is 0 Å². The maximum Gasteiger partial charge on any atom is 0.265 e. The molecule has 1 heterocycles. The van der Waals surface area contributed by atoms with E-state index in [4.69, 9.17) is 8.92 Å². The molecule has 2 atom stereocenters. The van der Waals surface area contributed by atoms with Crippen LogP contribution in [0.1, 0.15) is 10.8 Å². The molecule has 1 aliphatic heterocycles. The molecule has 0 aliphatic carbocycles. The molecular weight excluding hydrogens is 424 g/mol. The fourth-order valence-corrected chi connectivity index (χ4v) is 5.19. The van der Waals surface area contributed by atoms with E-state index in [1.807, 2.05) is 55.4 Å². The standard InChI is InChI=1S/C21H26N2O5S2/c1-22(2)13-14-23-17-7-5-6-8-18(17)29-20(15-9-11-16(27-3)12-10-15)19(21(23)24)28-30(4,25)26/h5-12,19-20H,13-14H2,1-4H3/t19-,20+/m1/s1. The number of fused-ring (bicyclic) bond motifs is 1. The van der Waals surface area contributed by atoms with Gasteiger partial charge in [-0.15, -0.1) is 11.8 Å². The predicted molar refractivity (Wildman–Crippen MR) is 119 cm³/mol. The lowest BCUT2D eigenvalue weighted by molar-refractivity contribution is -0.125. The number of methoxy groups -OCH3 is 1. The van der Waals surface area contributed by atoms with Crippen molar-refractivity contribution >= 4 is 33.5 Å². The second kappa shape index (κ2) is 9.38. The number of benzene rings is 2. The summed E-state index contributed by atoms with van der Waals surface area (Å²) in [5.41, 5.74) is 1.54. The Kier molecular flexibility index (Phi) is 7.07. The van der Waals surface area contributed by atoms with Gasteiger partial charge in [0.15, 0.2) is 6.10 Å². The highest BCUT2D eigenvalue weighted by Gasteiger charge is 2.41. The number of hydrogen-bond donors (Lipinski definition) is 0. The molecule has 0 unspecified atom stereocenters. The Morgan fingerprint density at radius 3 is 2.37 bits per heavy atom. The highest BCUT2D eigenvalue weighted by Crippen LogP contribution is 2.47. The summed E-state index contributed by atoms with van der Waals surface area (Å²) in [6.07, 6.45) is -0.217. The van der Waals surface area contributed by atoms with E-state index in [-0.39, 0.29) is 5.91 Å². The zero-order chi connectivity index (χ0) is 21.9. The molecule has 7 nitrogen and oxygen atoms in total. The van der Waals surface area contributed by atoms with Crippen LogP contribution in [-0.2, 0) is 19.1 Å². The SMILES string of the molecule is COc1ccc([C@@H]2Sc3ccccc3N(CCN(C)C)C(=O)[C@@H]2OS(C)(=O)=O)cc1. The minimum absolute atomic E-state index is 0.374. The normalized spacial score (nSPS) is 19.5. The Balaban J connectivity index is 2.09. The maximum atomic E-state index is 13.6. The molecule has 0 saturated heterocycles. The van der Waals surface area contributed by atoms with Gasteiger partial charge in [-0.1, -0.05) is 24.3 Å². The summed E-state index contributed by atoms with van der Waals surface area (Å²) in [7, 11) is 1.56. The number of ether oxygens (including phenoxy) is 1. The van der Waals surface area contributed by atoms with Gasteiger partial charge >= 0.3 is 0 Å². The fraction of sp³-hybridized carbons (Fsp3) is 0.381. The summed E-state index contributed by atoms with van der Waals surface area (Å²) >= 11 is 1.43. The first-order chi connectivity index (χ1) is 14.2. The van der Waals surface area contributed by atoms with E-state index >= 15 is 0 Å². The Labute approximate surface area is 182 Å². The zero-order valence-corrected chi connectivity index (χ0v) is 19.1. The van der Waals surface area contributed by atoms with Gasteiger partial charge in [-0.05, 0) is 43.9 Å². The molecule has 30 heavy (non-hydrogen) atoms. The second-order valence-corrected chi connectivity index (χ2v) is 10.1. The van der Waals surface area contributed by atoms with Crippen LogP contribution in [-0.4, -0.2) is 65.9 Å². The lowest BCUT2D eigenvalue weighted by Crippen LogP contribution is -2.45. The van der Waals surface area contributed by atoms with Gasteiger partial charge in [-0.2, -0.15) is 8.42 Å². The van der Waals surface area contributed by atoms with E-state index < -0.39 is 21.5 Å². The highest BCUT2D eigenvalue weighted by atomic mass is 32.2. The molecule has 0 saturated carbocycles. The lowest BCUT2D eigenvalue weighted by atomic mass is 10.1. The van der Waals surface area contributed by atoms with Gasteiger partial charge in [0.1, 0.15) is 5.75 Å². The van der Waals surface area contributed by atoms with Crippen LogP contribution in [0.25, 0.3) is 0 Å². The number of amides is 1. The van der Waals surface area contributed by atoms with E-state index in [1.54, 1.807) is 24.1 Å². The molecular formula is C21H26N2O5S2. The number of nitrogens with zero attached hydrogens (tertiary/aromatic N) is 2. The summed E-state index contributed by atoms with van der Waals surface area (Å²) in [5, 5.41) is -0.538. The van der Waals surface area contributed by atoms with E-state index in [0.29, 0.717) is 18.8 Å². The van der Waals surface area contributed by atoms with Crippen molar-refractivity contribution in [2.24, 2.45) is 0 Å². The molecule has 162 valence electrons. The van der Waals surface area contributed by atoms with E-state index in [1.165, 1.54) is 11.8 Å². The average Bonchev–Trinajstić information content (AvgIpc) is 2.81. The molecule has 0 aromatic heterocycles. The van der Waals surface area contributed by atoms with Gasteiger partial charge in [0.25, 0.3) is 16.0 Å². The third-order valence-electron chi connectivity index (χ3n) is 4.69. The zero-order valence-electron chi connectivity index (χ0n) is 17.4. The van der Waals surface area contributed by atoms with Crippen molar-refractivity contribution in [1.29, 1.82) is 0 Å². The summed E-state index contributed by atoms with van der Waals surface area (Å²) < 4.78 is 34.7. The van der Waals surface area contributed by atoms with Gasteiger partial charge in [-0.25, -0.2) is 0 Å². The van der Waals surface area contributed by atoms with Crippen LogP contribution in [0.15, 0.2) is 53.4 Å². The van der Waals surface area contributed by atoms with Gasteiger partial charge in [-0.3, -0.25) is 8.98 Å². The molecule has 2 aromatic rings. The van der Waals surface area contributed by atoms with Gasteiger partial charge < -0.3 is 14.5 Å². The molecule has 3 rings (SSSR count). The summed E-state index contributed by atoms with van der Waals surface area (Å²) in [6, 6.07) is 14.8. The number of rotatable bonds is 7. The van der Waals surface area contributed by atoms with Crippen LogP contribution in [0, 0.1) is 0 Å². The minimum atomic E-state index is -3.86. The third kappa shape index (κ3) is 5.34. The number of carbonyl (C=O) groups is 1. The van der Waals surface area contributed by atoms with Crippen molar-refractivity contribution in [2.75, 3.05) is 45.5 Å². The molecule has 0 N–H and O–H groups in total. The van der Waals surface area contributed by atoms with E-state index in [9.17, 15) is 13.2 Å². The number of carbonyl (C=O) groups excluding carboxylic acids is 1. The quantitative estimate of drug-likeness (QED) is 0.601. The number of thioether (sulfide) groups is 1. The third-order valence-corrected chi connectivity index (χ3v) is 6.62. The lowest BCUT2D eigenvalue weighted by Gasteiger charge is -2.28. The molecule has 1 aliphatic rings. The Bertz CT molecular complexity index is 993. The maximum absolute atomic E-state index is 13.6. The predicted octanol–water partition coefficient (Wildman–Crippen LogP) is 2.78. The fourth-order valence-electron chi connectivity index (χ4n) is 3.23. The largest absolute Gasteiger partial charge is 0.497 e. The van der Waals surface area contributed by atoms with Gasteiger partial charge in [0.05, 0.1) is 24.3 Å². The molecule has 0 fully saturated rings. The van der Waals surface area contributed by atoms with Crippen LogP contribution < -0.4 is 9.64 Å². The van der Waals surface area contributed by atoms with Crippen molar-refractivity contribution in [3.05, 3.63) is 54.1 Å². The minimum Gasteiger partial charge on any atom is -0.497 e. The van der Waals surface area contributed by atoms with Gasteiger partial charge in [0.2, 0.25) is 0 Å². The van der Waals surface area contributed by atoms with Crippen molar-refractivity contribution in [2.45, 2.75) is 16.2 Å². The summed E-state index contributed by atoms with van der Waals surface area (Å²) in [5.74, 6) is 0.304. The van der Waals surface area contributed by atoms with Crippen LogP contribution in [0.5, 0.6) is 5.75 Å². The number of anilines is 1. The van der Waals surface area contributed by atoms with Crippen LogP contribution in [0.3, 0.4) is 0 Å². The molecule has 2 aromatic carbocycles. The monoisotopic (exact) mass is 450 g/mol. The number of para-hydroxylation sites is 1. The van der Waals surface area contributed by atoms with Crippen molar-refractivity contribution in [3.8, 4) is 5.75 Å². The first-order valence-electron chi connectivity index (χ1n) is 9.43. The van der Waals surface area contributed by atoms with E-state index in [0.717, 1.165) is 22.4 Å². The van der Waals surface area contributed by atoms with E-state index in [2.05, 4.69) is 0 Å². The average molecular weight is 451 g/mol. The smallest absolute Gasteiger partial charge is 0.265 e. The van der Waals surface area contributed by atoms with Crippen molar-refractivity contribution < 1.29 is 22.1 Å². The Morgan fingerprint density at radius 2 is 1.77 bits per heavy atom. The Morgan fingerprint density at radius 1 is 1.10 bits per heavy atom. The topological polar surface area (TPSA) is 76.2 Å². The first kappa shape index (κ1) is 22.6. The summed E-state index contributed by atoms with van der Waals surface area (Å²) in [4.78, 5) is 18.1. The highest BCUT2D eigenvalue weighted by molar-refractivity contribution is 7.99. The van der Waals surface area contributed by atoms with Crippen LogP contribution in [0.4, 0.5) is 5.69 Å². The molecule has 0 bridgehead atoms. The van der Waals surface area contributed by atoms with Crippen LogP contribution >= 0.6 is 11.8 Å². The summed E-state index contributed by atoms with van der Waals surface area (Å²) in [6.45, 7) is 1.05. The number of likely N-dealkylation sites (N-methyl/N-ethyl adjacent to an activating group) is 1. The molecule has 0 radical (unpaired) electrons. The number of hydrogen-bond acceptors (Lipinski definition) is 7. The van der Waals surface area contributed by atoms with Crippen molar-refractivity contribution in [1.82, 2.24) is 4.90 Å².